The summed E-state index contributed by atoms with van der Waals surface area (Å²) in [6.45, 7) is 1.74. The van der Waals surface area contributed by atoms with Gasteiger partial charge in [0, 0.05) is 5.02 Å². The third kappa shape index (κ3) is 3.00. The topological polar surface area (TPSA) is 77.2 Å². The second-order valence-electron chi connectivity index (χ2n) is 4.20. The predicted octanol–water partition coefficient (Wildman–Crippen LogP) is 2.89. The number of aryl methyl sites for hydroxylation is 1. The van der Waals surface area contributed by atoms with Gasteiger partial charge in [0.1, 0.15) is 5.75 Å². The van der Waals surface area contributed by atoms with E-state index >= 15 is 0 Å². The van der Waals surface area contributed by atoms with Gasteiger partial charge in [-0.2, -0.15) is 0 Å². The maximum absolute atomic E-state index is 12.3. The van der Waals surface area contributed by atoms with Crippen LogP contribution in [0.4, 0.5) is 11.4 Å². The summed E-state index contributed by atoms with van der Waals surface area (Å²) in [6, 6.07) is 6.56. The van der Waals surface area contributed by atoms with Crippen molar-refractivity contribution in [2.75, 3.05) is 18.2 Å². The third-order valence-electron chi connectivity index (χ3n) is 2.76. The average molecular weight is 292 g/mol. The molecule has 5 nitrogen and oxygen atoms in total. The number of amides is 1. The van der Waals surface area contributed by atoms with E-state index in [1.165, 1.54) is 13.3 Å². The highest BCUT2D eigenvalue weighted by atomic mass is 35.5. The first-order valence-electron chi connectivity index (χ1n) is 5.88. The van der Waals surface area contributed by atoms with Gasteiger partial charge >= 0.3 is 0 Å². The van der Waals surface area contributed by atoms with Crippen LogP contribution in [0, 0.1) is 6.92 Å². The summed E-state index contributed by atoms with van der Waals surface area (Å²) in [5.74, 6) is 0.208. The van der Waals surface area contributed by atoms with Crippen LogP contribution in [0.3, 0.4) is 0 Å². The molecule has 0 fully saturated rings. The van der Waals surface area contributed by atoms with Gasteiger partial charge in [-0.25, -0.2) is 0 Å². The molecule has 104 valence electrons. The molecular formula is C14H14ClN3O2. The van der Waals surface area contributed by atoms with Crippen molar-refractivity contribution in [3.05, 3.63) is 46.7 Å². The Labute approximate surface area is 121 Å². The monoisotopic (exact) mass is 291 g/mol. The van der Waals surface area contributed by atoms with Gasteiger partial charge in [0.05, 0.1) is 35.9 Å². The fraction of sp³-hybridized carbons (Fsp3) is 0.143. The molecule has 2 aromatic rings. The zero-order valence-corrected chi connectivity index (χ0v) is 11.9. The van der Waals surface area contributed by atoms with E-state index < -0.39 is 0 Å². The molecule has 0 aliphatic carbocycles. The van der Waals surface area contributed by atoms with Crippen LogP contribution >= 0.6 is 11.6 Å². The second kappa shape index (κ2) is 5.79. The predicted molar refractivity (Wildman–Crippen MR) is 79.3 cm³/mol. The lowest BCUT2D eigenvalue weighted by Crippen LogP contribution is -2.15. The van der Waals surface area contributed by atoms with Crippen molar-refractivity contribution in [2.24, 2.45) is 0 Å². The number of methoxy groups -OCH3 is 1. The summed E-state index contributed by atoms with van der Waals surface area (Å²) >= 11 is 5.92. The summed E-state index contributed by atoms with van der Waals surface area (Å²) in [7, 11) is 1.52. The van der Waals surface area contributed by atoms with E-state index in [0.717, 1.165) is 0 Å². The largest absolute Gasteiger partial charge is 0.495 e. The van der Waals surface area contributed by atoms with Crippen LogP contribution in [0.1, 0.15) is 16.1 Å². The van der Waals surface area contributed by atoms with Gasteiger partial charge in [0.2, 0.25) is 0 Å². The second-order valence-corrected chi connectivity index (χ2v) is 4.64. The first kappa shape index (κ1) is 14.1. The van der Waals surface area contributed by atoms with Gasteiger partial charge in [-0.1, -0.05) is 11.6 Å². The molecule has 2 rings (SSSR count). The molecular weight excluding hydrogens is 278 g/mol. The number of benzene rings is 1. The van der Waals surface area contributed by atoms with Crippen LogP contribution in [0.25, 0.3) is 0 Å². The molecule has 1 aromatic heterocycles. The number of rotatable bonds is 3. The number of nitrogens with zero attached hydrogens (tertiary/aromatic N) is 1. The lowest BCUT2D eigenvalue weighted by molar-refractivity contribution is 0.102. The van der Waals surface area contributed by atoms with Crippen molar-refractivity contribution in [3.8, 4) is 5.75 Å². The number of hydrogen-bond acceptors (Lipinski definition) is 4. The smallest absolute Gasteiger partial charge is 0.257 e. The number of anilines is 2. The minimum absolute atomic E-state index is 0.317. The van der Waals surface area contributed by atoms with Crippen molar-refractivity contribution in [1.29, 1.82) is 0 Å². The summed E-state index contributed by atoms with van der Waals surface area (Å²) in [5.41, 5.74) is 7.58. The Morgan fingerprint density at radius 2 is 2.15 bits per heavy atom. The van der Waals surface area contributed by atoms with E-state index in [-0.39, 0.29) is 5.91 Å². The molecule has 1 aromatic carbocycles. The summed E-state index contributed by atoms with van der Waals surface area (Å²) in [4.78, 5) is 16.3. The molecule has 0 saturated heterocycles. The van der Waals surface area contributed by atoms with Crippen LogP contribution in [-0.4, -0.2) is 18.0 Å². The van der Waals surface area contributed by atoms with E-state index in [0.29, 0.717) is 33.4 Å². The molecule has 6 heteroatoms. The van der Waals surface area contributed by atoms with Crippen LogP contribution in [0.15, 0.2) is 30.5 Å². The third-order valence-corrected chi connectivity index (χ3v) is 3.00. The number of halogens is 1. The quantitative estimate of drug-likeness (QED) is 0.911. The maximum Gasteiger partial charge on any atom is 0.257 e. The number of carbonyl (C=O) groups is 1. The molecule has 0 unspecified atom stereocenters. The van der Waals surface area contributed by atoms with E-state index in [1.54, 1.807) is 31.2 Å². The number of carbonyl (C=O) groups excluding carboxylic acids is 1. The standard InChI is InChI=1S/C14H14ClN3O2/c1-8-11(6-10(16)7-17-8)14(19)18-12-5-9(15)3-4-13(12)20-2/h3-7H,16H2,1-2H3,(H,18,19). The van der Waals surface area contributed by atoms with Gasteiger partial charge in [-0.3, -0.25) is 9.78 Å². The van der Waals surface area contributed by atoms with Crippen molar-refractivity contribution in [3.63, 3.8) is 0 Å². The Morgan fingerprint density at radius 3 is 2.85 bits per heavy atom. The van der Waals surface area contributed by atoms with Crippen LogP contribution < -0.4 is 15.8 Å². The normalized spacial score (nSPS) is 10.2. The lowest BCUT2D eigenvalue weighted by Gasteiger charge is -2.11. The molecule has 1 heterocycles. The van der Waals surface area contributed by atoms with Crippen molar-refractivity contribution in [2.45, 2.75) is 6.92 Å². The fourth-order valence-electron chi connectivity index (χ4n) is 1.75. The Morgan fingerprint density at radius 1 is 1.40 bits per heavy atom. The number of pyridine rings is 1. The summed E-state index contributed by atoms with van der Waals surface area (Å²) < 4.78 is 5.18. The number of ether oxygens (including phenoxy) is 1. The maximum atomic E-state index is 12.3. The van der Waals surface area contributed by atoms with Gasteiger partial charge in [0.25, 0.3) is 5.91 Å². The van der Waals surface area contributed by atoms with Gasteiger partial charge < -0.3 is 15.8 Å². The van der Waals surface area contributed by atoms with Crippen LogP contribution in [0.5, 0.6) is 5.75 Å². The first-order valence-corrected chi connectivity index (χ1v) is 6.26. The van der Waals surface area contributed by atoms with Gasteiger partial charge in [-0.15, -0.1) is 0 Å². The number of nitrogens with two attached hydrogens (primary N) is 1. The fourth-order valence-corrected chi connectivity index (χ4v) is 1.92. The molecule has 1 amide bonds. The van der Waals surface area contributed by atoms with E-state index in [4.69, 9.17) is 22.1 Å². The highest BCUT2D eigenvalue weighted by molar-refractivity contribution is 6.31. The van der Waals surface area contributed by atoms with Gasteiger partial charge in [0.15, 0.2) is 0 Å². The summed E-state index contributed by atoms with van der Waals surface area (Å²) in [5, 5.41) is 3.25. The Balaban J connectivity index is 2.32. The van der Waals surface area contributed by atoms with Crippen molar-refractivity contribution >= 4 is 28.9 Å². The SMILES string of the molecule is COc1ccc(Cl)cc1NC(=O)c1cc(N)cnc1C. The molecule has 0 aliphatic heterocycles. The number of nitrogen functional groups attached to an aromatic ring is 1. The summed E-state index contributed by atoms with van der Waals surface area (Å²) in [6.07, 6.45) is 1.51. The lowest BCUT2D eigenvalue weighted by atomic mass is 10.1. The highest BCUT2D eigenvalue weighted by Crippen LogP contribution is 2.28. The molecule has 3 N–H and O–H groups in total. The molecule has 0 radical (unpaired) electrons. The Kier molecular flexibility index (Phi) is 4.10. The van der Waals surface area contributed by atoms with E-state index in [1.807, 2.05) is 0 Å². The van der Waals surface area contributed by atoms with E-state index in [9.17, 15) is 4.79 Å². The number of aromatic nitrogens is 1. The zero-order valence-electron chi connectivity index (χ0n) is 11.1. The average Bonchev–Trinajstić information content (AvgIpc) is 2.41. The van der Waals surface area contributed by atoms with Crippen LogP contribution in [0.2, 0.25) is 5.02 Å². The molecule has 0 spiro atoms. The minimum atomic E-state index is -0.317. The molecule has 20 heavy (non-hydrogen) atoms. The highest BCUT2D eigenvalue weighted by Gasteiger charge is 2.13. The minimum Gasteiger partial charge on any atom is -0.495 e. The van der Waals surface area contributed by atoms with E-state index in [2.05, 4.69) is 10.3 Å². The van der Waals surface area contributed by atoms with Gasteiger partial charge in [-0.05, 0) is 31.2 Å². The number of hydrogen-bond donors (Lipinski definition) is 2. The molecule has 0 aliphatic rings. The van der Waals surface area contributed by atoms with Crippen molar-refractivity contribution < 1.29 is 9.53 Å². The first-order chi connectivity index (χ1) is 9.51. The zero-order chi connectivity index (χ0) is 14.7. The molecule has 0 atom stereocenters. The number of nitrogens with one attached hydrogen (secondary N) is 1. The van der Waals surface area contributed by atoms with Crippen LogP contribution in [-0.2, 0) is 0 Å². The van der Waals surface area contributed by atoms with Crippen molar-refractivity contribution in [1.82, 2.24) is 4.98 Å². The Bertz CT molecular complexity index is 659. The molecule has 0 bridgehead atoms. The molecule has 0 saturated carbocycles. The Hall–Kier alpha value is -2.27.